The molecule has 186 valence electrons. The molecule has 1 aromatic carbocycles. The number of anilines is 2. The smallest absolute Gasteiger partial charge is 0.266 e. The lowest BCUT2D eigenvalue weighted by Gasteiger charge is -2.37. The molecule has 8 heteroatoms. The highest BCUT2D eigenvalue weighted by Gasteiger charge is 2.43. The molecule has 0 spiro atoms. The fourth-order valence-corrected chi connectivity index (χ4v) is 6.99. The van der Waals surface area contributed by atoms with Crippen molar-refractivity contribution in [2.45, 2.75) is 75.5 Å². The first kappa shape index (κ1) is 21.9. The minimum absolute atomic E-state index is 0.0613. The fraction of sp³-hybridized carbons (Fsp3) is 0.593. The van der Waals surface area contributed by atoms with Crippen molar-refractivity contribution in [3.05, 3.63) is 52.0 Å². The highest BCUT2D eigenvalue weighted by Crippen LogP contribution is 2.52. The molecule has 35 heavy (non-hydrogen) atoms. The molecule has 3 N–H and O–H groups in total. The fourth-order valence-electron chi connectivity index (χ4n) is 6.99. The standard InChI is InChI=1S/C27H32F3N5/c28-23-8-24(35-12-17-1-2-18(13-35)34-17)25(26(29)30)19-4-3-16(7-21(19)23)31-9-14-5-22-20-6-15(20)11-33-27(22)32-10-14/h5,8,10,15-18,20,26,31,34H,1-4,6-7,9,11-13H2,(H,32,33)/t15-,16-,17?,18?,20-/m0/s1. The number of fused-ring (bicyclic) bond motifs is 6. The Balaban J connectivity index is 1.09. The van der Waals surface area contributed by atoms with Crippen molar-refractivity contribution >= 4 is 11.5 Å². The van der Waals surface area contributed by atoms with Gasteiger partial charge in [0.15, 0.2) is 0 Å². The molecule has 2 saturated heterocycles. The van der Waals surface area contributed by atoms with E-state index in [-0.39, 0.29) is 17.4 Å². The average Bonchev–Trinajstić information content (AvgIpc) is 3.59. The van der Waals surface area contributed by atoms with E-state index in [4.69, 9.17) is 0 Å². The minimum Gasteiger partial charge on any atom is -0.370 e. The van der Waals surface area contributed by atoms with Gasteiger partial charge in [0.2, 0.25) is 0 Å². The number of alkyl halides is 2. The molecule has 1 saturated carbocycles. The molecule has 3 fully saturated rings. The van der Waals surface area contributed by atoms with Crippen molar-refractivity contribution in [1.29, 1.82) is 0 Å². The predicted molar refractivity (Wildman–Crippen MR) is 130 cm³/mol. The zero-order valence-electron chi connectivity index (χ0n) is 19.8. The second kappa shape index (κ2) is 8.37. The van der Waals surface area contributed by atoms with Crippen LogP contribution in [0.2, 0.25) is 0 Å². The van der Waals surface area contributed by atoms with Gasteiger partial charge in [0.25, 0.3) is 6.43 Å². The molecule has 5 aliphatic rings. The molecule has 4 heterocycles. The number of nitrogens with one attached hydrogen (secondary N) is 3. The van der Waals surface area contributed by atoms with Crippen molar-refractivity contribution < 1.29 is 13.2 Å². The molecule has 1 aromatic heterocycles. The molecule has 7 rings (SSSR count). The molecular formula is C27H32F3N5. The number of halogens is 3. The normalized spacial score (nSPS) is 30.5. The van der Waals surface area contributed by atoms with E-state index < -0.39 is 6.43 Å². The van der Waals surface area contributed by atoms with Gasteiger partial charge in [-0.1, -0.05) is 0 Å². The van der Waals surface area contributed by atoms with Gasteiger partial charge < -0.3 is 20.9 Å². The molecule has 2 bridgehead atoms. The monoisotopic (exact) mass is 483 g/mol. The Kier molecular flexibility index (Phi) is 5.24. The summed E-state index contributed by atoms with van der Waals surface area (Å²) in [5.74, 6) is 2.06. The summed E-state index contributed by atoms with van der Waals surface area (Å²) in [7, 11) is 0. The van der Waals surface area contributed by atoms with Crippen LogP contribution in [0.25, 0.3) is 0 Å². The van der Waals surface area contributed by atoms with Gasteiger partial charge >= 0.3 is 0 Å². The first-order valence-corrected chi connectivity index (χ1v) is 13.1. The predicted octanol–water partition coefficient (Wildman–Crippen LogP) is 4.28. The average molecular weight is 484 g/mol. The van der Waals surface area contributed by atoms with E-state index in [1.807, 2.05) is 11.1 Å². The number of rotatable bonds is 5. The van der Waals surface area contributed by atoms with Crippen LogP contribution in [-0.2, 0) is 19.4 Å². The summed E-state index contributed by atoms with van der Waals surface area (Å²) in [6.45, 7) is 3.02. The van der Waals surface area contributed by atoms with E-state index in [9.17, 15) is 8.78 Å². The van der Waals surface area contributed by atoms with E-state index in [2.05, 4.69) is 27.0 Å². The largest absolute Gasteiger partial charge is 0.370 e. The Hall–Kier alpha value is -2.32. The first-order valence-electron chi connectivity index (χ1n) is 13.1. The highest BCUT2D eigenvalue weighted by atomic mass is 19.3. The third-order valence-corrected chi connectivity index (χ3v) is 8.91. The number of hydrogen-bond donors (Lipinski definition) is 3. The highest BCUT2D eigenvalue weighted by molar-refractivity contribution is 5.62. The van der Waals surface area contributed by atoms with Crippen LogP contribution in [0.3, 0.4) is 0 Å². The van der Waals surface area contributed by atoms with E-state index in [0.29, 0.717) is 67.3 Å². The van der Waals surface area contributed by atoms with Crippen LogP contribution in [0, 0.1) is 11.7 Å². The van der Waals surface area contributed by atoms with Crippen LogP contribution < -0.4 is 20.9 Å². The molecule has 2 aromatic rings. The molecule has 0 amide bonds. The molecular weight excluding hydrogens is 451 g/mol. The SMILES string of the molecule is Fc1cc(N2CC3CCC(C2)N3)c(C(F)F)c2c1C[C@@H](NCc1cnc3c(c1)[C@H]1C[C@H]1CN3)CC2. The quantitative estimate of drug-likeness (QED) is 0.593. The Morgan fingerprint density at radius 2 is 1.94 bits per heavy atom. The van der Waals surface area contributed by atoms with Crippen molar-refractivity contribution in [3.8, 4) is 0 Å². The summed E-state index contributed by atoms with van der Waals surface area (Å²) in [6, 6.07) is 4.31. The van der Waals surface area contributed by atoms with Crippen LogP contribution in [0.1, 0.15) is 65.8 Å². The summed E-state index contributed by atoms with van der Waals surface area (Å²) in [5.41, 5.74) is 3.93. The Bertz CT molecular complexity index is 1140. The summed E-state index contributed by atoms with van der Waals surface area (Å²) < 4.78 is 44.1. The van der Waals surface area contributed by atoms with Gasteiger partial charge in [-0.05, 0) is 84.7 Å². The second-order valence-corrected chi connectivity index (χ2v) is 11.2. The zero-order valence-corrected chi connectivity index (χ0v) is 19.8. The van der Waals surface area contributed by atoms with Gasteiger partial charge in [-0.25, -0.2) is 18.2 Å². The molecule has 2 aliphatic carbocycles. The van der Waals surface area contributed by atoms with Crippen LogP contribution in [0.5, 0.6) is 0 Å². The van der Waals surface area contributed by atoms with Crippen LogP contribution in [-0.4, -0.2) is 42.7 Å². The van der Waals surface area contributed by atoms with Crippen LogP contribution >= 0.6 is 0 Å². The van der Waals surface area contributed by atoms with E-state index in [0.717, 1.165) is 43.1 Å². The maximum absolute atomic E-state index is 15.4. The van der Waals surface area contributed by atoms with Crippen molar-refractivity contribution in [2.75, 3.05) is 29.9 Å². The third kappa shape index (κ3) is 3.89. The molecule has 2 unspecified atom stereocenters. The lowest BCUT2D eigenvalue weighted by atomic mass is 9.84. The van der Waals surface area contributed by atoms with Gasteiger partial charge in [-0.2, -0.15) is 0 Å². The maximum atomic E-state index is 15.4. The topological polar surface area (TPSA) is 52.2 Å². The van der Waals surface area contributed by atoms with Gasteiger partial charge in [-0.15, -0.1) is 0 Å². The van der Waals surface area contributed by atoms with E-state index in [1.54, 1.807) is 0 Å². The Labute approximate surface area is 203 Å². The minimum atomic E-state index is -2.60. The second-order valence-electron chi connectivity index (χ2n) is 11.2. The summed E-state index contributed by atoms with van der Waals surface area (Å²) in [5, 5.41) is 10.5. The summed E-state index contributed by atoms with van der Waals surface area (Å²) in [4.78, 5) is 6.60. The maximum Gasteiger partial charge on any atom is 0.266 e. The van der Waals surface area contributed by atoms with Gasteiger partial charge in [0.05, 0.1) is 0 Å². The molecule has 5 atom stereocenters. The number of piperazine rings is 1. The number of nitrogens with zero attached hydrogens (tertiary/aromatic N) is 2. The molecule has 0 radical (unpaired) electrons. The van der Waals surface area contributed by atoms with Crippen LogP contribution in [0.4, 0.5) is 24.7 Å². The first-order chi connectivity index (χ1) is 17.0. The van der Waals surface area contributed by atoms with E-state index >= 15 is 4.39 Å². The Morgan fingerprint density at radius 3 is 2.74 bits per heavy atom. The molecule has 5 nitrogen and oxygen atoms in total. The van der Waals surface area contributed by atoms with E-state index in [1.165, 1.54) is 18.1 Å². The number of hydrogen-bond acceptors (Lipinski definition) is 5. The lowest BCUT2D eigenvalue weighted by Crippen LogP contribution is -2.51. The zero-order chi connectivity index (χ0) is 23.7. The summed E-state index contributed by atoms with van der Waals surface area (Å²) in [6.07, 6.45) is 4.31. The number of aromatic nitrogens is 1. The van der Waals surface area contributed by atoms with Crippen molar-refractivity contribution in [2.24, 2.45) is 5.92 Å². The summed E-state index contributed by atoms with van der Waals surface area (Å²) >= 11 is 0. The van der Waals surface area contributed by atoms with Crippen molar-refractivity contribution in [3.63, 3.8) is 0 Å². The number of benzene rings is 1. The van der Waals surface area contributed by atoms with Gasteiger partial charge in [0, 0.05) is 61.8 Å². The van der Waals surface area contributed by atoms with Gasteiger partial charge in [-0.3, -0.25) is 0 Å². The van der Waals surface area contributed by atoms with Gasteiger partial charge in [0.1, 0.15) is 11.6 Å². The Morgan fingerprint density at radius 1 is 1.11 bits per heavy atom. The van der Waals surface area contributed by atoms with Crippen LogP contribution in [0.15, 0.2) is 18.3 Å². The third-order valence-electron chi connectivity index (χ3n) is 8.91. The molecule has 3 aliphatic heterocycles. The lowest BCUT2D eigenvalue weighted by molar-refractivity contribution is 0.149. The number of pyridine rings is 1. The van der Waals surface area contributed by atoms with Crippen molar-refractivity contribution in [1.82, 2.24) is 15.6 Å².